The van der Waals surface area contributed by atoms with Gasteiger partial charge in [-0.1, -0.05) is 41.9 Å². The summed E-state index contributed by atoms with van der Waals surface area (Å²) in [4.78, 5) is 23.4. The van der Waals surface area contributed by atoms with Crippen molar-refractivity contribution in [2.75, 3.05) is 19.0 Å². The Kier molecular flexibility index (Phi) is 6.14. The van der Waals surface area contributed by atoms with Crippen molar-refractivity contribution in [3.05, 3.63) is 64.7 Å². The molecule has 6 heteroatoms. The molecule has 2 rings (SSSR count). The van der Waals surface area contributed by atoms with Crippen LogP contribution in [0.2, 0.25) is 5.02 Å². The number of anilines is 1. The molecular formula is C17H16ClNO4. The zero-order valence-electron chi connectivity index (χ0n) is 12.5. The van der Waals surface area contributed by atoms with E-state index in [0.29, 0.717) is 12.3 Å². The van der Waals surface area contributed by atoms with E-state index in [4.69, 9.17) is 16.3 Å². The number of esters is 1. The molecule has 1 amide bonds. The van der Waals surface area contributed by atoms with E-state index in [1.165, 1.54) is 19.2 Å². The minimum atomic E-state index is -0.563. The third kappa shape index (κ3) is 5.09. The van der Waals surface area contributed by atoms with Crippen LogP contribution in [0.4, 0.5) is 5.69 Å². The number of ether oxygens (including phenoxy) is 2. The molecule has 5 nitrogen and oxygen atoms in total. The highest BCUT2D eigenvalue weighted by atomic mass is 35.5. The molecule has 0 saturated carbocycles. The Balaban J connectivity index is 1.89. The molecule has 0 aliphatic heterocycles. The van der Waals surface area contributed by atoms with E-state index >= 15 is 0 Å². The first-order chi connectivity index (χ1) is 11.1. The van der Waals surface area contributed by atoms with Gasteiger partial charge >= 0.3 is 5.97 Å². The first-order valence-corrected chi connectivity index (χ1v) is 7.27. The van der Waals surface area contributed by atoms with Gasteiger partial charge in [0.05, 0.1) is 24.3 Å². The van der Waals surface area contributed by atoms with E-state index in [1.54, 1.807) is 6.07 Å². The molecular weight excluding hydrogens is 318 g/mol. The summed E-state index contributed by atoms with van der Waals surface area (Å²) < 4.78 is 9.98. The molecule has 0 heterocycles. The molecule has 120 valence electrons. The Labute approximate surface area is 139 Å². The van der Waals surface area contributed by atoms with Crippen molar-refractivity contribution in [1.82, 2.24) is 0 Å². The van der Waals surface area contributed by atoms with E-state index in [0.717, 1.165) is 5.56 Å². The van der Waals surface area contributed by atoms with Gasteiger partial charge in [0.1, 0.15) is 6.61 Å². The Morgan fingerprint density at radius 3 is 2.57 bits per heavy atom. The summed E-state index contributed by atoms with van der Waals surface area (Å²) in [6.07, 6.45) is 0. The summed E-state index contributed by atoms with van der Waals surface area (Å²) >= 11 is 5.92. The van der Waals surface area contributed by atoms with Gasteiger partial charge in [-0.05, 0) is 23.8 Å². The standard InChI is InChI=1S/C17H16ClNO4/c1-22-17(21)14-9-13(7-8-15(14)18)19-16(20)11-23-10-12-5-3-2-4-6-12/h2-9H,10-11H2,1H3,(H,19,20). The maximum atomic E-state index is 11.9. The highest BCUT2D eigenvalue weighted by molar-refractivity contribution is 6.33. The Bertz CT molecular complexity index is 688. The van der Waals surface area contributed by atoms with Gasteiger partial charge in [0.15, 0.2) is 0 Å². The Morgan fingerprint density at radius 1 is 1.13 bits per heavy atom. The van der Waals surface area contributed by atoms with E-state index in [9.17, 15) is 9.59 Å². The van der Waals surface area contributed by atoms with Crippen molar-refractivity contribution in [2.45, 2.75) is 6.61 Å². The number of hydrogen-bond acceptors (Lipinski definition) is 4. The number of methoxy groups -OCH3 is 1. The van der Waals surface area contributed by atoms with E-state index in [-0.39, 0.29) is 23.1 Å². The van der Waals surface area contributed by atoms with Gasteiger partial charge in [-0.25, -0.2) is 4.79 Å². The summed E-state index contributed by atoms with van der Waals surface area (Å²) in [6.45, 7) is 0.257. The van der Waals surface area contributed by atoms with Gasteiger partial charge in [-0.3, -0.25) is 4.79 Å². The Morgan fingerprint density at radius 2 is 1.87 bits per heavy atom. The summed E-state index contributed by atoms with van der Waals surface area (Å²) in [5.74, 6) is -0.884. The van der Waals surface area contributed by atoms with Crippen LogP contribution in [0, 0.1) is 0 Å². The quantitative estimate of drug-likeness (QED) is 0.824. The van der Waals surface area contributed by atoms with E-state index < -0.39 is 5.97 Å². The van der Waals surface area contributed by atoms with Crippen LogP contribution < -0.4 is 5.32 Å². The van der Waals surface area contributed by atoms with Crippen LogP contribution in [0.1, 0.15) is 15.9 Å². The third-order valence-electron chi connectivity index (χ3n) is 3.00. The molecule has 0 aliphatic carbocycles. The first-order valence-electron chi connectivity index (χ1n) is 6.89. The smallest absolute Gasteiger partial charge is 0.339 e. The zero-order valence-corrected chi connectivity index (χ0v) is 13.3. The van der Waals surface area contributed by atoms with Gasteiger partial charge in [-0.15, -0.1) is 0 Å². The summed E-state index contributed by atoms with van der Waals surface area (Å²) in [6, 6.07) is 14.1. The molecule has 23 heavy (non-hydrogen) atoms. The lowest BCUT2D eigenvalue weighted by Gasteiger charge is -2.09. The van der Waals surface area contributed by atoms with Crippen LogP contribution in [-0.2, 0) is 20.9 Å². The molecule has 0 fully saturated rings. The number of amides is 1. The second kappa shape index (κ2) is 8.31. The van der Waals surface area contributed by atoms with E-state index in [2.05, 4.69) is 10.1 Å². The van der Waals surface area contributed by atoms with Gasteiger partial charge in [0, 0.05) is 5.69 Å². The predicted octanol–water partition coefficient (Wildman–Crippen LogP) is 3.28. The molecule has 0 unspecified atom stereocenters. The average molecular weight is 334 g/mol. The normalized spacial score (nSPS) is 10.2. The molecule has 0 radical (unpaired) electrons. The molecule has 2 aromatic rings. The maximum absolute atomic E-state index is 11.9. The van der Waals surface area contributed by atoms with Crippen molar-refractivity contribution in [2.24, 2.45) is 0 Å². The molecule has 0 bridgehead atoms. The summed E-state index contributed by atoms with van der Waals surface area (Å²) in [7, 11) is 1.27. The highest BCUT2D eigenvalue weighted by Gasteiger charge is 2.12. The van der Waals surface area contributed by atoms with Crippen LogP contribution >= 0.6 is 11.6 Å². The third-order valence-corrected chi connectivity index (χ3v) is 3.33. The zero-order chi connectivity index (χ0) is 16.7. The van der Waals surface area contributed by atoms with Gasteiger partial charge in [-0.2, -0.15) is 0 Å². The second-order valence-corrected chi connectivity index (χ2v) is 5.12. The number of halogens is 1. The number of hydrogen-bond donors (Lipinski definition) is 1. The van der Waals surface area contributed by atoms with Gasteiger partial charge in [0.2, 0.25) is 5.91 Å². The minimum absolute atomic E-state index is 0.0922. The predicted molar refractivity (Wildman–Crippen MR) is 87.5 cm³/mol. The lowest BCUT2D eigenvalue weighted by Crippen LogP contribution is -2.18. The topological polar surface area (TPSA) is 64.6 Å². The molecule has 0 aromatic heterocycles. The van der Waals surface area contributed by atoms with Crippen molar-refractivity contribution < 1.29 is 19.1 Å². The fourth-order valence-electron chi connectivity index (χ4n) is 1.90. The fourth-order valence-corrected chi connectivity index (χ4v) is 2.10. The molecule has 0 spiro atoms. The molecule has 0 aliphatic rings. The largest absolute Gasteiger partial charge is 0.465 e. The summed E-state index contributed by atoms with van der Waals surface area (Å²) in [5.41, 5.74) is 1.63. The van der Waals surface area contributed by atoms with Crippen molar-refractivity contribution >= 4 is 29.2 Å². The molecule has 2 aromatic carbocycles. The monoisotopic (exact) mass is 333 g/mol. The summed E-state index contributed by atoms with van der Waals surface area (Å²) in [5, 5.41) is 2.90. The first kappa shape index (κ1) is 17.0. The van der Waals surface area contributed by atoms with Crippen LogP contribution in [0.5, 0.6) is 0 Å². The minimum Gasteiger partial charge on any atom is -0.465 e. The van der Waals surface area contributed by atoms with Crippen LogP contribution in [0.3, 0.4) is 0 Å². The number of nitrogens with one attached hydrogen (secondary N) is 1. The van der Waals surface area contributed by atoms with Crippen LogP contribution in [0.15, 0.2) is 48.5 Å². The lowest BCUT2D eigenvalue weighted by atomic mass is 10.2. The lowest BCUT2D eigenvalue weighted by molar-refractivity contribution is -0.121. The van der Waals surface area contributed by atoms with Gasteiger partial charge < -0.3 is 14.8 Å². The van der Waals surface area contributed by atoms with Crippen LogP contribution in [-0.4, -0.2) is 25.6 Å². The van der Waals surface area contributed by atoms with Gasteiger partial charge in [0.25, 0.3) is 0 Å². The van der Waals surface area contributed by atoms with E-state index in [1.807, 2.05) is 30.3 Å². The van der Waals surface area contributed by atoms with Crippen molar-refractivity contribution in [1.29, 1.82) is 0 Å². The number of rotatable bonds is 6. The molecule has 1 N–H and O–H groups in total. The second-order valence-electron chi connectivity index (χ2n) is 4.71. The maximum Gasteiger partial charge on any atom is 0.339 e. The fraction of sp³-hybridized carbons (Fsp3) is 0.176. The molecule has 0 atom stereocenters. The highest BCUT2D eigenvalue weighted by Crippen LogP contribution is 2.21. The molecule has 0 saturated heterocycles. The Hall–Kier alpha value is -2.37. The number of carbonyl (C=O) groups is 2. The SMILES string of the molecule is COC(=O)c1cc(NC(=O)COCc2ccccc2)ccc1Cl. The average Bonchev–Trinajstić information content (AvgIpc) is 2.57. The number of carbonyl (C=O) groups excluding carboxylic acids is 2. The van der Waals surface area contributed by atoms with Crippen molar-refractivity contribution in [3.63, 3.8) is 0 Å². The van der Waals surface area contributed by atoms with Crippen LogP contribution in [0.25, 0.3) is 0 Å². The van der Waals surface area contributed by atoms with Crippen molar-refractivity contribution in [3.8, 4) is 0 Å². The number of benzene rings is 2.